The Labute approximate surface area is 103 Å². The quantitative estimate of drug-likeness (QED) is 0.792. The molecule has 4 heteroatoms. The van der Waals surface area contributed by atoms with E-state index >= 15 is 0 Å². The lowest BCUT2D eigenvalue weighted by molar-refractivity contribution is -0.121. The fraction of sp³-hybridized carbons (Fsp3) is 0.333. The Morgan fingerprint density at radius 1 is 1.38 bits per heavy atom. The number of benzene rings is 1. The molecule has 1 aromatic carbocycles. The van der Waals surface area contributed by atoms with Crippen LogP contribution in [0.2, 0.25) is 0 Å². The summed E-state index contributed by atoms with van der Waals surface area (Å²) in [6.45, 7) is 0.933. The highest BCUT2D eigenvalue weighted by atomic mass is 79.9. The molecule has 1 heterocycles. The predicted molar refractivity (Wildman–Crippen MR) is 64.3 cm³/mol. The van der Waals surface area contributed by atoms with Crippen LogP contribution in [0.25, 0.3) is 0 Å². The van der Waals surface area contributed by atoms with Crippen LogP contribution in [0.3, 0.4) is 0 Å². The van der Waals surface area contributed by atoms with Crippen molar-refractivity contribution in [2.24, 2.45) is 0 Å². The van der Waals surface area contributed by atoms with Crippen molar-refractivity contribution >= 4 is 27.6 Å². The van der Waals surface area contributed by atoms with Gasteiger partial charge in [-0.1, -0.05) is 22.0 Å². The minimum Gasteiger partial charge on any atom is -0.331 e. The van der Waals surface area contributed by atoms with Gasteiger partial charge in [0.25, 0.3) is 5.91 Å². The maximum absolute atomic E-state index is 12.1. The molecule has 1 saturated heterocycles. The van der Waals surface area contributed by atoms with Crippen molar-refractivity contribution in [3.05, 3.63) is 34.3 Å². The summed E-state index contributed by atoms with van der Waals surface area (Å²) in [6.07, 6.45) is 1.38. The molecular weight excluding hydrogens is 270 g/mol. The zero-order valence-electron chi connectivity index (χ0n) is 8.78. The Morgan fingerprint density at radius 2 is 2.19 bits per heavy atom. The van der Waals surface area contributed by atoms with Crippen LogP contribution in [0.1, 0.15) is 23.2 Å². The fourth-order valence-corrected chi connectivity index (χ4v) is 2.21. The number of likely N-dealkylation sites (tertiary alicyclic amines) is 1. The molecule has 1 aromatic rings. The van der Waals surface area contributed by atoms with Gasteiger partial charge in [0.05, 0.1) is 6.54 Å². The summed E-state index contributed by atoms with van der Waals surface area (Å²) < 4.78 is 0.877. The topological polar surface area (TPSA) is 37.4 Å². The van der Waals surface area contributed by atoms with E-state index < -0.39 is 0 Å². The molecule has 0 radical (unpaired) electrons. The molecule has 84 valence electrons. The summed E-state index contributed by atoms with van der Waals surface area (Å²) in [5.41, 5.74) is 0.629. The maximum Gasteiger partial charge on any atom is 0.254 e. The minimum atomic E-state index is -0.0608. The zero-order valence-corrected chi connectivity index (χ0v) is 10.4. The van der Waals surface area contributed by atoms with Crippen LogP contribution in [0.4, 0.5) is 0 Å². The van der Waals surface area contributed by atoms with E-state index in [1.54, 1.807) is 17.0 Å². The predicted octanol–water partition coefficient (Wildman–Crippen LogP) is 2.25. The number of Topliss-reactive ketones (excluding diaryl/α,β-unsaturated/α-hetero) is 1. The van der Waals surface area contributed by atoms with Gasteiger partial charge in [0.1, 0.15) is 0 Å². The van der Waals surface area contributed by atoms with Gasteiger partial charge in [-0.25, -0.2) is 0 Å². The van der Waals surface area contributed by atoms with Crippen LogP contribution in [-0.4, -0.2) is 29.7 Å². The molecule has 3 nitrogen and oxygen atoms in total. The third-order valence-corrected chi connectivity index (χ3v) is 3.10. The van der Waals surface area contributed by atoms with E-state index in [2.05, 4.69) is 15.9 Å². The lowest BCUT2D eigenvalue weighted by Crippen LogP contribution is -2.40. The summed E-state index contributed by atoms with van der Waals surface area (Å²) >= 11 is 3.33. The van der Waals surface area contributed by atoms with E-state index in [9.17, 15) is 9.59 Å². The molecule has 0 spiro atoms. The Balaban J connectivity index is 2.15. The molecule has 0 aliphatic carbocycles. The molecule has 0 N–H and O–H groups in total. The summed E-state index contributed by atoms with van der Waals surface area (Å²) in [4.78, 5) is 24.9. The van der Waals surface area contributed by atoms with Crippen LogP contribution >= 0.6 is 15.9 Å². The monoisotopic (exact) mass is 281 g/mol. The first kappa shape index (κ1) is 11.3. The summed E-state index contributed by atoms with van der Waals surface area (Å²) in [6, 6.07) is 7.24. The number of hydrogen-bond acceptors (Lipinski definition) is 2. The van der Waals surface area contributed by atoms with Crippen molar-refractivity contribution in [2.75, 3.05) is 13.1 Å². The van der Waals surface area contributed by atoms with E-state index in [1.165, 1.54) is 0 Å². The molecule has 16 heavy (non-hydrogen) atoms. The van der Waals surface area contributed by atoms with Crippen LogP contribution in [0, 0.1) is 0 Å². The second-order valence-corrected chi connectivity index (χ2v) is 4.79. The van der Waals surface area contributed by atoms with E-state index in [4.69, 9.17) is 0 Å². The second-order valence-electron chi connectivity index (χ2n) is 3.88. The van der Waals surface area contributed by atoms with Gasteiger partial charge in [0.15, 0.2) is 5.78 Å². The molecule has 0 aromatic heterocycles. The van der Waals surface area contributed by atoms with Crippen molar-refractivity contribution in [2.45, 2.75) is 12.8 Å². The lowest BCUT2D eigenvalue weighted by Gasteiger charge is -2.25. The third kappa shape index (κ3) is 2.50. The Hall–Kier alpha value is -1.16. The normalized spacial score (nSPS) is 16.3. The SMILES string of the molecule is O=C1CCCN(C(=O)c2cccc(Br)c2)C1. The Bertz CT molecular complexity index is 431. The first-order valence-corrected chi connectivity index (χ1v) is 6.02. The highest BCUT2D eigenvalue weighted by Gasteiger charge is 2.22. The van der Waals surface area contributed by atoms with Gasteiger partial charge in [-0.05, 0) is 24.6 Å². The molecule has 1 aliphatic rings. The molecule has 1 aliphatic heterocycles. The summed E-state index contributed by atoms with van der Waals surface area (Å²) in [7, 11) is 0. The number of amides is 1. The average molecular weight is 282 g/mol. The zero-order chi connectivity index (χ0) is 11.5. The van der Waals surface area contributed by atoms with E-state index in [0.717, 1.165) is 10.9 Å². The number of carbonyl (C=O) groups is 2. The van der Waals surface area contributed by atoms with Gasteiger partial charge >= 0.3 is 0 Å². The number of nitrogens with zero attached hydrogens (tertiary/aromatic N) is 1. The number of piperidine rings is 1. The number of hydrogen-bond donors (Lipinski definition) is 0. The third-order valence-electron chi connectivity index (χ3n) is 2.61. The Morgan fingerprint density at radius 3 is 2.88 bits per heavy atom. The number of carbonyl (C=O) groups excluding carboxylic acids is 2. The summed E-state index contributed by atoms with van der Waals surface area (Å²) in [5.74, 6) is 0.0870. The summed E-state index contributed by atoms with van der Waals surface area (Å²) in [5, 5.41) is 0. The van der Waals surface area contributed by atoms with Crippen molar-refractivity contribution < 1.29 is 9.59 Å². The van der Waals surface area contributed by atoms with Gasteiger partial charge in [0, 0.05) is 23.0 Å². The van der Waals surface area contributed by atoms with Gasteiger partial charge < -0.3 is 4.90 Å². The molecule has 0 saturated carbocycles. The van der Waals surface area contributed by atoms with Gasteiger partial charge in [0.2, 0.25) is 0 Å². The van der Waals surface area contributed by atoms with Crippen molar-refractivity contribution in [3.63, 3.8) is 0 Å². The largest absolute Gasteiger partial charge is 0.331 e. The highest BCUT2D eigenvalue weighted by Crippen LogP contribution is 2.15. The lowest BCUT2D eigenvalue weighted by atomic mass is 10.1. The molecule has 1 fully saturated rings. The average Bonchev–Trinajstić information content (AvgIpc) is 2.28. The number of rotatable bonds is 1. The van der Waals surface area contributed by atoms with E-state index in [-0.39, 0.29) is 18.2 Å². The highest BCUT2D eigenvalue weighted by molar-refractivity contribution is 9.10. The molecule has 0 atom stereocenters. The molecular formula is C12H12BrNO2. The number of ketones is 1. The van der Waals surface area contributed by atoms with Crippen molar-refractivity contribution in [1.82, 2.24) is 4.90 Å². The first-order chi connectivity index (χ1) is 7.66. The minimum absolute atomic E-state index is 0.0608. The van der Waals surface area contributed by atoms with Crippen molar-refractivity contribution in [3.8, 4) is 0 Å². The van der Waals surface area contributed by atoms with Crippen LogP contribution in [-0.2, 0) is 4.79 Å². The molecule has 0 bridgehead atoms. The molecule has 1 amide bonds. The second kappa shape index (κ2) is 4.78. The van der Waals surface area contributed by atoms with Crippen LogP contribution in [0.5, 0.6) is 0 Å². The fourth-order valence-electron chi connectivity index (χ4n) is 1.82. The van der Waals surface area contributed by atoms with E-state index in [1.807, 2.05) is 12.1 Å². The van der Waals surface area contributed by atoms with Gasteiger partial charge in [-0.2, -0.15) is 0 Å². The molecule has 0 unspecified atom stereocenters. The van der Waals surface area contributed by atoms with Crippen LogP contribution in [0.15, 0.2) is 28.7 Å². The maximum atomic E-state index is 12.1. The van der Waals surface area contributed by atoms with E-state index in [0.29, 0.717) is 18.5 Å². The smallest absolute Gasteiger partial charge is 0.254 e. The molecule has 2 rings (SSSR count). The van der Waals surface area contributed by atoms with Gasteiger partial charge in [-0.3, -0.25) is 9.59 Å². The van der Waals surface area contributed by atoms with Gasteiger partial charge in [-0.15, -0.1) is 0 Å². The Kier molecular flexibility index (Phi) is 3.39. The standard InChI is InChI=1S/C12H12BrNO2/c13-10-4-1-3-9(7-10)12(16)14-6-2-5-11(15)8-14/h1,3-4,7H,2,5-6,8H2. The van der Waals surface area contributed by atoms with Crippen molar-refractivity contribution in [1.29, 1.82) is 0 Å². The van der Waals surface area contributed by atoms with Crippen LogP contribution < -0.4 is 0 Å². The first-order valence-electron chi connectivity index (χ1n) is 5.23. The number of halogens is 1.